The summed E-state index contributed by atoms with van der Waals surface area (Å²) in [6.45, 7) is 4.48. The molecule has 0 aromatic rings. The second-order valence-corrected chi connectivity index (χ2v) is 14.4. The molecule has 1 aliphatic heterocycles. The summed E-state index contributed by atoms with van der Waals surface area (Å²) in [6.07, 6.45) is 32.5. The van der Waals surface area contributed by atoms with Crippen molar-refractivity contribution in [1.29, 1.82) is 0 Å². The molecule has 1 heterocycles. The zero-order valence-electron chi connectivity index (χ0n) is 29.5. The van der Waals surface area contributed by atoms with Crippen molar-refractivity contribution in [2.24, 2.45) is 0 Å². The first-order chi connectivity index (χ1) is 22.0. The van der Waals surface area contributed by atoms with Gasteiger partial charge in [-0.1, -0.05) is 168 Å². The summed E-state index contributed by atoms with van der Waals surface area (Å²) in [5, 5.41) is 21.6. The van der Waals surface area contributed by atoms with Crippen molar-refractivity contribution in [1.82, 2.24) is 0 Å². The Morgan fingerprint density at radius 3 is 1.24 bits per heavy atom. The zero-order valence-corrected chi connectivity index (χ0v) is 31.1. The summed E-state index contributed by atoms with van der Waals surface area (Å²) < 4.78 is 17.8. The molecular formula is C38H72O5S2. The number of hydrogen-bond acceptors (Lipinski definition) is 7. The first kappa shape index (κ1) is 42.7. The van der Waals surface area contributed by atoms with Crippen molar-refractivity contribution < 1.29 is 24.4 Å². The number of thiocarbonyl (C=S) groups is 2. The minimum absolute atomic E-state index is 0.215. The van der Waals surface area contributed by atoms with Gasteiger partial charge in [0.25, 0.3) is 0 Å². The minimum Gasteiger partial charge on any atom is -0.477 e. The molecule has 2 N–H and O–H groups in total. The van der Waals surface area contributed by atoms with Crippen molar-refractivity contribution in [2.45, 2.75) is 218 Å². The number of hydrogen-bond donors (Lipinski definition) is 2. The van der Waals surface area contributed by atoms with Gasteiger partial charge in [-0.15, -0.1) is 0 Å². The van der Waals surface area contributed by atoms with Gasteiger partial charge in [-0.3, -0.25) is 0 Å². The topological polar surface area (TPSA) is 68.2 Å². The van der Waals surface area contributed by atoms with E-state index in [0.29, 0.717) is 16.5 Å². The van der Waals surface area contributed by atoms with Gasteiger partial charge in [0.2, 0.25) is 0 Å². The van der Waals surface area contributed by atoms with Crippen LogP contribution in [0.15, 0.2) is 0 Å². The second kappa shape index (κ2) is 31.0. The maximum Gasteiger partial charge on any atom is 0.167 e. The van der Waals surface area contributed by atoms with E-state index in [9.17, 15) is 10.2 Å². The molecule has 0 aromatic carbocycles. The number of rotatable bonds is 31. The molecule has 0 spiro atoms. The molecule has 0 unspecified atom stereocenters. The van der Waals surface area contributed by atoms with E-state index in [-0.39, 0.29) is 13.2 Å². The Kier molecular flexibility index (Phi) is 29.4. The summed E-state index contributed by atoms with van der Waals surface area (Å²) in [5.74, 6) is 0. The van der Waals surface area contributed by atoms with Crippen LogP contribution in [0.1, 0.15) is 194 Å². The third kappa shape index (κ3) is 23.6. The van der Waals surface area contributed by atoms with Gasteiger partial charge in [0, 0.05) is 12.8 Å². The quantitative estimate of drug-likeness (QED) is 0.0561. The molecule has 1 saturated heterocycles. The van der Waals surface area contributed by atoms with Crippen molar-refractivity contribution in [2.75, 3.05) is 13.2 Å². The Morgan fingerprint density at radius 2 is 0.889 bits per heavy atom. The zero-order chi connectivity index (χ0) is 32.8. The van der Waals surface area contributed by atoms with Crippen LogP contribution in [0.2, 0.25) is 0 Å². The SMILES string of the molecule is CCCCCCCCCCCCCCCC(=S)O[C@@H]1[C@@H](O)[C@H](CO)OC[C@H]1OC(=S)CCCCCCCCCCCCCCC. The Hall–Kier alpha value is -0.340. The third-order valence-electron chi connectivity index (χ3n) is 9.26. The molecule has 0 aliphatic carbocycles. The van der Waals surface area contributed by atoms with E-state index in [1.165, 1.54) is 141 Å². The maximum absolute atomic E-state index is 10.9. The van der Waals surface area contributed by atoms with Gasteiger partial charge in [-0.25, -0.2) is 0 Å². The lowest BCUT2D eigenvalue weighted by molar-refractivity contribution is -0.186. The molecule has 1 rings (SSSR count). The van der Waals surface area contributed by atoms with E-state index >= 15 is 0 Å². The summed E-state index contributed by atoms with van der Waals surface area (Å²) >= 11 is 11.1. The standard InChI is InChI=1S/C38H72O5S2/c1-3-5-7-9-11-13-15-17-19-21-23-25-27-29-35(44)42-34-32-41-33(31-39)37(40)38(34)43-36(45)30-28-26-24-22-20-18-16-14-12-10-8-6-4-2/h33-34,37-40H,3-32H2,1-2H3/t33-,34+,37-,38-/m0/s1. The monoisotopic (exact) mass is 672 g/mol. The summed E-state index contributed by atoms with van der Waals surface area (Å²) in [5.41, 5.74) is 0. The maximum atomic E-state index is 10.9. The first-order valence-corrected chi connectivity index (χ1v) is 20.1. The average molecular weight is 673 g/mol. The number of unbranched alkanes of at least 4 members (excludes halogenated alkanes) is 24. The molecule has 1 fully saturated rings. The van der Waals surface area contributed by atoms with Crippen molar-refractivity contribution in [3.05, 3.63) is 0 Å². The van der Waals surface area contributed by atoms with Crippen LogP contribution in [0, 0.1) is 0 Å². The van der Waals surface area contributed by atoms with Crippen molar-refractivity contribution >= 4 is 34.5 Å². The second-order valence-electron chi connectivity index (χ2n) is 13.5. The third-order valence-corrected chi connectivity index (χ3v) is 9.86. The average Bonchev–Trinajstić information content (AvgIpc) is 3.03. The van der Waals surface area contributed by atoms with Gasteiger partial charge in [0.05, 0.1) is 13.2 Å². The molecule has 7 heteroatoms. The lowest BCUT2D eigenvalue weighted by Gasteiger charge is -2.39. The fourth-order valence-electron chi connectivity index (χ4n) is 6.26. The molecular weight excluding hydrogens is 601 g/mol. The number of aliphatic hydroxyl groups excluding tert-OH is 2. The molecule has 45 heavy (non-hydrogen) atoms. The molecule has 4 atom stereocenters. The Morgan fingerprint density at radius 1 is 0.556 bits per heavy atom. The predicted molar refractivity (Wildman–Crippen MR) is 198 cm³/mol. The fourth-order valence-corrected chi connectivity index (χ4v) is 6.79. The minimum atomic E-state index is -1.02. The van der Waals surface area contributed by atoms with Crippen LogP contribution in [-0.4, -0.2) is 57.9 Å². The van der Waals surface area contributed by atoms with Crippen LogP contribution in [-0.2, 0) is 14.2 Å². The normalized spacial score (nSPS) is 19.9. The number of ether oxygens (including phenoxy) is 3. The highest BCUT2D eigenvalue weighted by Crippen LogP contribution is 2.24. The first-order valence-electron chi connectivity index (χ1n) is 19.3. The molecule has 1 aliphatic rings. The molecule has 0 saturated carbocycles. The highest BCUT2D eigenvalue weighted by molar-refractivity contribution is 7.80. The highest BCUT2D eigenvalue weighted by Gasteiger charge is 2.43. The molecule has 0 radical (unpaired) electrons. The number of aliphatic hydroxyl groups is 2. The molecule has 0 amide bonds. The summed E-state index contributed by atoms with van der Waals surface area (Å²) in [4.78, 5) is 0. The van der Waals surface area contributed by atoms with E-state index in [0.717, 1.165) is 32.1 Å². The molecule has 5 nitrogen and oxygen atoms in total. The van der Waals surface area contributed by atoms with E-state index < -0.39 is 24.4 Å². The van der Waals surface area contributed by atoms with Crippen LogP contribution in [0.25, 0.3) is 0 Å². The smallest absolute Gasteiger partial charge is 0.167 e. The van der Waals surface area contributed by atoms with Crippen molar-refractivity contribution in [3.8, 4) is 0 Å². The Bertz CT molecular complexity index is 691. The van der Waals surface area contributed by atoms with Crippen molar-refractivity contribution in [3.63, 3.8) is 0 Å². The van der Waals surface area contributed by atoms with E-state index in [2.05, 4.69) is 13.8 Å². The van der Waals surface area contributed by atoms with Crippen LogP contribution in [0.3, 0.4) is 0 Å². The van der Waals surface area contributed by atoms with E-state index in [4.69, 9.17) is 38.6 Å². The molecule has 266 valence electrons. The predicted octanol–water partition coefficient (Wildman–Crippen LogP) is 11.1. The van der Waals surface area contributed by atoms with E-state index in [1.54, 1.807) is 0 Å². The molecule has 0 bridgehead atoms. The highest BCUT2D eigenvalue weighted by atomic mass is 32.1. The lowest BCUT2D eigenvalue weighted by atomic mass is 10.00. The molecule has 0 aromatic heterocycles. The van der Waals surface area contributed by atoms with Gasteiger partial charge in [-0.2, -0.15) is 0 Å². The van der Waals surface area contributed by atoms with Gasteiger partial charge in [0.15, 0.2) is 22.3 Å². The largest absolute Gasteiger partial charge is 0.477 e. The van der Waals surface area contributed by atoms with Crippen LogP contribution in [0.5, 0.6) is 0 Å². The Labute approximate surface area is 289 Å². The van der Waals surface area contributed by atoms with Crippen LogP contribution in [0.4, 0.5) is 0 Å². The van der Waals surface area contributed by atoms with E-state index in [1.807, 2.05) is 0 Å². The fraction of sp³-hybridized carbons (Fsp3) is 0.947. The van der Waals surface area contributed by atoms with Gasteiger partial charge in [-0.05, 0) is 37.3 Å². The van der Waals surface area contributed by atoms with Gasteiger partial charge in [0.1, 0.15) is 12.2 Å². The van der Waals surface area contributed by atoms with Gasteiger partial charge >= 0.3 is 0 Å². The lowest BCUT2D eigenvalue weighted by Crippen LogP contribution is -2.56. The summed E-state index contributed by atoms with van der Waals surface area (Å²) in [7, 11) is 0. The van der Waals surface area contributed by atoms with Gasteiger partial charge < -0.3 is 24.4 Å². The van der Waals surface area contributed by atoms with Crippen LogP contribution >= 0.6 is 24.4 Å². The summed E-state index contributed by atoms with van der Waals surface area (Å²) in [6, 6.07) is 0. The Balaban J connectivity index is 2.18. The van der Waals surface area contributed by atoms with Crippen LogP contribution < -0.4 is 0 Å².